The summed E-state index contributed by atoms with van der Waals surface area (Å²) < 4.78 is 11.3. The molecule has 36 heavy (non-hydrogen) atoms. The first-order valence-corrected chi connectivity index (χ1v) is 13.9. The van der Waals surface area contributed by atoms with Crippen molar-refractivity contribution in [2.75, 3.05) is 31.6 Å². The lowest BCUT2D eigenvalue weighted by Crippen LogP contribution is -2.62. The van der Waals surface area contributed by atoms with E-state index >= 15 is 0 Å². The molecule has 8 nitrogen and oxygen atoms in total. The molecule has 1 aliphatic heterocycles. The van der Waals surface area contributed by atoms with E-state index in [1.165, 1.54) is 25.9 Å². The van der Waals surface area contributed by atoms with E-state index in [4.69, 9.17) is 9.72 Å². The number of pyridine rings is 1. The molecule has 1 aromatic carbocycles. The van der Waals surface area contributed by atoms with Gasteiger partial charge in [0, 0.05) is 59.3 Å². The highest BCUT2D eigenvalue weighted by Crippen LogP contribution is 2.45. The minimum atomic E-state index is 0.0155. The molecule has 3 heterocycles. The zero-order valence-electron chi connectivity index (χ0n) is 20.8. The third kappa shape index (κ3) is 4.89. The van der Waals surface area contributed by atoms with Crippen molar-refractivity contribution in [3.63, 3.8) is 0 Å². The molecule has 9 heteroatoms. The van der Waals surface area contributed by atoms with Crippen molar-refractivity contribution in [3.05, 3.63) is 52.4 Å². The smallest absolute Gasteiger partial charge is 0.252 e. The van der Waals surface area contributed by atoms with Crippen LogP contribution in [0.25, 0.3) is 11.0 Å². The fourth-order valence-electron chi connectivity index (χ4n) is 5.77. The van der Waals surface area contributed by atoms with Gasteiger partial charge in [0.2, 0.25) is 5.95 Å². The molecular weight excluding hydrogens is 472 g/mol. The van der Waals surface area contributed by atoms with Crippen LogP contribution in [0, 0.1) is 12.3 Å². The molecule has 190 valence electrons. The second kappa shape index (κ2) is 10.1. The maximum Gasteiger partial charge on any atom is 0.252 e. The zero-order valence-corrected chi connectivity index (χ0v) is 21.6. The number of fused-ring (bicyclic) bond motifs is 1. The molecule has 6 rings (SSSR count). The Morgan fingerprint density at radius 1 is 1.19 bits per heavy atom. The van der Waals surface area contributed by atoms with Gasteiger partial charge in [-0.15, -0.1) is 0 Å². The first kappa shape index (κ1) is 23.9. The van der Waals surface area contributed by atoms with E-state index in [9.17, 15) is 4.79 Å². The highest BCUT2D eigenvalue weighted by Gasteiger charge is 2.48. The van der Waals surface area contributed by atoms with Gasteiger partial charge in [-0.1, -0.05) is 12.8 Å². The van der Waals surface area contributed by atoms with Crippen LogP contribution in [0.5, 0.6) is 0 Å². The summed E-state index contributed by atoms with van der Waals surface area (Å²) in [5.74, 6) is 0.508. The number of benzene rings is 1. The molecule has 2 aliphatic carbocycles. The molecule has 0 radical (unpaired) electrons. The summed E-state index contributed by atoms with van der Waals surface area (Å²) in [6.45, 7) is 5.97. The lowest BCUT2D eigenvalue weighted by molar-refractivity contribution is -0.101. The minimum Gasteiger partial charge on any atom is -0.377 e. The zero-order chi connectivity index (χ0) is 24.5. The molecule has 0 bridgehead atoms. The van der Waals surface area contributed by atoms with Gasteiger partial charge in [-0.05, 0) is 74.4 Å². The third-order valence-corrected chi connectivity index (χ3v) is 8.71. The SMILES string of the molecule is Cc1cc(SNCCOC2CC3(CNC3)C2)ccc1Nc1ncc2ccc(=O)n(C3CCCC3)c2n1. The van der Waals surface area contributed by atoms with Crippen molar-refractivity contribution in [1.29, 1.82) is 0 Å². The summed E-state index contributed by atoms with van der Waals surface area (Å²) >= 11 is 1.62. The van der Waals surface area contributed by atoms with E-state index in [-0.39, 0.29) is 11.6 Å². The van der Waals surface area contributed by atoms with Crippen LogP contribution in [0.1, 0.15) is 50.1 Å². The van der Waals surface area contributed by atoms with Crippen LogP contribution in [-0.4, -0.2) is 46.9 Å². The number of hydrogen-bond donors (Lipinski definition) is 3. The highest BCUT2D eigenvalue weighted by atomic mass is 32.2. The lowest BCUT2D eigenvalue weighted by Gasteiger charge is -2.54. The van der Waals surface area contributed by atoms with Gasteiger partial charge < -0.3 is 15.4 Å². The van der Waals surface area contributed by atoms with Crippen LogP contribution in [0.2, 0.25) is 0 Å². The number of nitrogens with zero attached hydrogens (tertiary/aromatic N) is 3. The number of ether oxygens (including phenoxy) is 1. The Bertz CT molecular complexity index is 1290. The van der Waals surface area contributed by atoms with Gasteiger partial charge in [0.25, 0.3) is 5.56 Å². The number of hydrogen-bond acceptors (Lipinski definition) is 8. The standard InChI is InChI=1S/C27H34N6O2S/c1-18-12-22(36-30-10-11-35-21-13-27(14-21)16-28-17-27)7-8-23(18)31-26-29-15-19-6-9-24(34)33(25(19)32-26)20-4-2-3-5-20/h6-9,12,15,20-21,28,30H,2-5,10-11,13-14,16-17H2,1H3,(H,29,31,32). The molecule has 3 N–H and O–H groups in total. The molecule has 3 aromatic rings. The average Bonchev–Trinajstić information content (AvgIpc) is 3.35. The van der Waals surface area contributed by atoms with E-state index in [2.05, 4.69) is 45.5 Å². The van der Waals surface area contributed by atoms with E-state index in [0.717, 1.165) is 60.4 Å². The number of aromatic nitrogens is 3. The van der Waals surface area contributed by atoms with Crippen LogP contribution in [0.15, 0.2) is 46.2 Å². The topological polar surface area (TPSA) is 93.1 Å². The van der Waals surface area contributed by atoms with Crippen LogP contribution < -0.4 is 20.9 Å². The summed E-state index contributed by atoms with van der Waals surface area (Å²) in [4.78, 5) is 23.1. The third-order valence-electron chi connectivity index (χ3n) is 7.87. The van der Waals surface area contributed by atoms with Crippen molar-refractivity contribution >= 4 is 34.6 Å². The summed E-state index contributed by atoms with van der Waals surface area (Å²) in [6, 6.07) is 9.96. The van der Waals surface area contributed by atoms with Crippen LogP contribution in [0.4, 0.5) is 11.6 Å². The monoisotopic (exact) mass is 506 g/mol. The molecule has 3 fully saturated rings. The van der Waals surface area contributed by atoms with Crippen molar-refractivity contribution in [1.82, 2.24) is 24.6 Å². The Balaban J connectivity index is 1.05. The molecule has 1 spiro atoms. The molecular formula is C27H34N6O2S. The van der Waals surface area contributed by atoms with E-state index < -0.39 is 0 Å². The summed E-state index contributed by atoms with van der Waals surface area (Å²) in [7, 11) is 0. The Labute approximate surface area is 215 Å². The van der Waals surface area contributed by atoms with E-state index in [1.807, 2.05) is 10.6 Å². The molecule has 1 saturated heterocycles. The summed E-state index contributed by atoms with van der Waals surface area (Å²) in [5, 5.41) is 7.61. The van der Waals surface area contributed by atoms with Crippen LogP contribution >= 0.6 is 11.9 Å². The van der Waals surface area contributed by atoms with Crippen molar-refractivity contribution in [2.45, 2.75) is 62.5 Å². The van der Waals surface area contributed by atoms with Crippen LogP contribution in [-0.2, 0) is 4.74 Å². The van der Waals surface area contributed by atoms with Gasteiger partial charge in [-0.3, -0.25) is 14.1 Å². The van der Waals surface area contributed by atoms with Gasteiger partial charge in [-0.25, -0.2) is 4.98 Å². The van der Waals surface area contributed by atoms with Crippen molar-refractivity contribution in [2.24, 2.45) is 5.41 Å². The van der Waals surface area contributed by atoms with Crippen LogP contribution in [0.3, 0.4) is 0 Å². The second-order valence-electron chi connectivity index (χ2n) is 10.6. The second-order valence-corrected chi connectivity index (χ2v) is 11.5. The van der Waals surface area contributed by atoms with Gasteiger partial charge >= 0.3 is 0 Å². The first-order chi connectivity index (χ1) is 17.6. The fourth-order valence-corrected chi connectivity index (χ4v) is 6.49. The maximum atomic E-state index is 12.7. The highest BCUT2D eigenvalue weighted by molar-refractivity contribution is 7.97. The average molecular weight is 507 g/mol. The molecule has 0 atom stereocenters. The van der Waals surface area contributed by atoms with Gasteiger partial charge in [-0.2, -0.15) is 4.98 Å². The normalized spacial score (nSPS) is 19.5. The van der Waals surface area contributed by atoms with Gasteiger partial charge in [0.1, 0.15) is 5.65 Å². The molecule has 3 aliphatic rings. The number of rotatable bonds is 9. The Kier molecular flexibility index (Phi) is 6.73. The van der Waals surface area contributed by atoms with Gasteiger partial charge in [0.15, 0.2) is 0 Å². The Morgan fingerprint density at radius 3 is 2.78 bits per heavy atom. The number of nitrogens with one attached hydrogen (secondary N) is 3. The van der Waals surface area contributed by atoms with Crippen molar-refractivity contribution in [3.8, 4) is 0 Å². The Morgan fingerprint density at radius 2 is 2.03 bits per heavy atom. The Hall–Kier alpha value is -2.46. The largest absolute Gasteiger partial charge is 0.377 e. The first-order valence-electron chi connectivity index (χ1n) is 13.1. The van der Waals surface area contributed by atoms with E-state index in [1.54, 1.807) is 24.2 Å². The predicted molar refractivity (Wildman–Crippen MR) is 144 cm³/mol. The number of aryl methyl sites for hydroxylation is 1. The lowest BCUT2D eigenvalue weighted by atomic mass is 9.63. The van der Waals surface area contributed by atoms with Crippen molar-refractivity contribution < 1.29 is 4.74 Å². The molecule has 2 aromatic heterocycles. The number of anilines is 2. The quantitative estimate of drug-likeness (QED) is 0.292. The molecule has 0 amide bonds. The molecule has 0 unspecified atom stereocenters. The minimum absolute atomic E-state index is 0.0155. The predicted octanol–water partition coefficient (Wildman–Crippen LogP) is 4.32. The fraction of sp³-hybridized carbons (Fsp3) is 0.519. The molecule has 2 saturated carbocycles. The van der Waals surface area contributed by atoms with E-state index in [0.29, 0.717) is 23.1 Å². The maximum absolute atomic E-state index is 12.7. The summed E-state index contributed by atoms with van der Waals surface area (Å²) in [5.41, 5.74) is 3.36. The summed E-state index contributed by atoms with van der Waals surface area (Å²) in [6.07, 6.45) is 9.04. The van der Waals surface area contributed by atoms with Gasteiger partial charge in [0.05, 0.1) is 12.7 Å².